The van der Waals surface area contributed by atoms with E-state index in [1.54, 1.807) is 7.11 Å². The number of anilines is 1. The minimum absolute atomic E-state index is 0.0284. The van der Waals surface area contributed by atoms with Crippen molar-refractivity contribution in [3.8, 4) is 0 Å². The number of hydrazine groups is 1. The zero-order valence-electron chi connectivity index (χ0n) is 11.5. The fourth-order valence-electron chi connectivity index (χ4n) is 2.94. The number of fused-ring (bicyclic) bond motifs is 1. The maximum absolute atomic E-state index is 5.65. The Morgan fingerprint density at radius 1 is 1.21 bits per heavy atom. The van der Waals surface area contributed by atoms with Crippen molar-refractivity contribution in [2.75, 3.05) is 12.5 Å². The number of rotatable bonds is 4. The lowest BCUT2D eigenvalue weighted by molar-refractivity contribution is 0.0771. The SMILES string of the molecule is COC(c1nc2c(c(NN)n1)CCCCC2)C1CC1. The van der Waals surface area contributed by atoms with Crippen molar-refractivity contribution in [3.63, 3.8) is 0 Å². The van der Waals surface area contributed by atoms with Crippen LogP contribution in [0, 0.1) is 5.92 Å². The highest BCUT2D eigenvalue weighted by molar-refractivity contribution is 5.46. The van der Waals surface area contributed by atoms with E-state index >= 15 is 0 Å². The molecule has 0 spiro atoms. The summed E-state index contributed by atoms with van der Waals surface area (Å²) in [7, 11) is 1.74. The van der Waals surface area contributed by atoms with Crippen LogP contribution in [-0.2, 0) is 17.6 Å². The Morgan fingerprint density at radius 2 is 2.00 bits per heavy atom. The minimum atomic E-state index is 0.0284. The van der Waals surface area contributed by atoms with E-state index in [0.29, 0.717) is 5.92 Å². The van der Waals surface area contributed by atoms with Crippen LogP contribution in [-0.4, -0.2) is 17.1 Å². The van der Waals surface area contributed by atoms with Crippen LogP contribution in [0.5, 0.6) is 0 Å². The van der Waals surface area contributed by atoms with Gasteiger partial charge in [0, 0.05) is 18.4 Å². The summed E-state index contributed by atoms with van der Waals surface area (Å²) in [5.41, 5.74) is 5.12. The van der Waals surface area contributed by atoms with Crippen molar-refractivity contribution in [1.29, 1.82) is 0 Å². The Hall–Kier alpha value is -1.20. The second-order valence-electron chi connectivity index (χ2n) is 5.55. The molecule has 1 unspecified atom stereocenters. The Morgan fingerprint density at radius 3 is 2.68 bits per heavy atom. The molecule has 2 aliphatic rings. The predicted octanol–water partition coefficient (Wildman–Crippen LogP) is 2.13. The monoisotopic (exact) mass is 262 g/mol. The largest absolute Gasteiger partial charge is 0.373 e. The highest BCUT2D eigenvalue weighted by Gasteiger charge is 2.35. The number of hydrogen-bond acceptors (Lipinski definition) is 5. The number of nitrogen functional groups attached to an aromatic ring is 1. The second-order valence-corrected chi connectivity index (χ2v) is 5.55. The summed E-state index contributed by atoms with van der Waals surface area (Å²) in [5.74, 6) is 7.83. The maximum atomic E-state index is 5.65. The molecule has 1 aromatic heterocycles. The van der Waals surface area contributed by atoms with Crippen LogP contribution in [0.1, 0.15) is 55.3 Å². The molecule has 3 N–H and O–H groups in total. The molecular weight excluding hydrogens is 240 g/mol. The van der Waals surface area contributed by atoms with Gasteiger partial charge < -0.3 is 10.2 Å². The smallest absolute Gasteiger partial charge is 0.160 e. The molecule has 2 aliphatic carbocycles. The average molecular weight is 262 g/mol. The lowest BCUT2D eigenvalue weighted by Crippen LogP contribution is -2.18. The van der Waals surface area contributed by atoms with Crippen LogP contribution < -0.4 is 11.3 Å². The topological polar surface area (TPSA) is 73.1 Å². The Balaban J connectivity index is 1.99. The van der Waals surface area contributed by atoms with Crippen LogP contribution in [0.25, 0.3) is 0 Å². The fraction of sp³-hybridized carbons (Fsp3) is 0.714. The summed E-state index contributed by atoms with van der Waals surface area (Å²) >= 11 is 0. The van der Waals surface area contributed by atoms with Crippen molar-refractivity contribution in [1.82, 2.24) is 9.97 Å². The Labute approximate surface area is 113 Å². The molecule has 1 fully saturated rings. The number of methoxy groups -OCH3 is 1. The molecule has 0 bridgehead atoms. The van der Waals surface area contributed by atoms with E-state index < -0.39 is 0 Å². The zero-order valence-corrected chi connectivity index (χ0v) is 11.5. The Kier molecular flexibility index (Phi) is 3.66. The summed E-state index contributed by atoms with van der Waals surface area (Å²) in [6, 6.07) is 0. The van der Waals surface area contributed by atoms with Crippen molar-refractivity contribution in [3.05, 3.63) is 17.1 Å². The van der Waals surface area contributed by atoms with Gasteiger partial charge in [0.15, 0.2) is 5.82 Å². The van der Waals surface area contributed by atoms with Gasteiger partial charge >= 0.3 is 0 Å². The summed E-state index contributed by atoms with van der Waals surface area (Å²) < 4.78 is 5.59. The number of aromatic nitrogens is 2. The van der Waals surface area contributed by atoms with E-state index in [-0.39, 0.29) is 6.10 Å². The lowest BCUT2D eigenvalue weighted by Gasteiger charge is -2.17. The zero-order chi connectivity index (χ0) is 13.2. The van der Waals surface area contributed by atoms with Gasteiger partial charge in [-0.2, -0.15) is 0 Å². The quantitative estimate of drug-likeness (QED) is 0.494. The highest BCUT2D eigenvalue weighted by atomic mass is 16.5. The van der Waals surface area contributed by atoms with Gasteiger partial charge in [-0.1, -0.05) is 6.42 Å². The highest BCUT2D eigenvalue weighted by Crippen LogP contribution is 2.42. The number of hydrogen-bond donors (Lipinski definition) is 2. The third kappa shape index (κ3) is 2.58. The molecule has 0 amide bonds. The van der Waals surface area contributed by atoms with E-state index in [1.165, 1.54) is 37.7 Å². The number of nitrogens with zero attached hydrogens (tertiary/aromatic N) is 2. The van der Waals surface area contributed by atoms with Gasteiger partial charge in [0.2, 0.25) is 0 Å². The van der Waals surface area contributed by atoms with Gasteiger partial charge in [-0.05, 0) is 44.4 Å². The standard InChI is InChI=1S/C14H22N4O/c1-19-12(9-7-8-9)14-16-11-6-4-2-3-5-10(11)13(17-14)18-15/h9,12H,2-8,15H2,1H3,(H,16,17,18). The van der Waals surface area contributed by atoms with Crippen LogP contribution in [0.4, 0.5) is 5.82 Å². The van der Waals surface area contributed by atoms with Crippen molar-refractivity contribution < 1.29 is 4.74 Å². The molecule has 104 valence electrons. The first-order valence-electron chi connectivity index (χ1n) is 7.22. The normalized spacial score (nSPS) is 20.5. The van der Waals surface area contributed by atoms with E-state index in [0.717, 1.165) is 30.2 Å². The number of ether oxygens (including phenoxy) is 1. The van der Waals surface area contributed by atoms with E-state index in [1.807, 2.05) is 0 Å². The van der Waals surface area contributed by atoms with Crippen LogP contribution in [0.15, 0.2) is 0 Å². The van der Waals surface area contributed by atoms with E-state index in [4.69, 9.17) is 15.6 Å². The molecule has 0 radical (unpaired) electrons. The molecule has 1 heterocycles. The summed E-state index contributed by atoms with van der Waals surface area (Å²) in [5, 5.41) is 0. The molecule has 5 heteroatoms. The summed E-state index contributed by atoms with van der Waals surface area (Å²) in [6.07, 6.45) is 8.16. The fourth-order valence-corrected chi connectivity index (χ4v) is 2.94. The predicted molar refractivity (Wildman–Crippen MR) is 73.6 cm³/mol. The molecule has 0 saturated heterocycles. The van der Waals surface area contributed by atoms with E-state index in [2.05, 4.69) is 10.4 Å². The van der Waals surface area contributed by atoms with Gasteiger partial charge in [0.1, 0.15) is 11.9 Å². The third-order valence-electron chi connectivity index (χ3n) is 4.15. The average Bonchev–Trinajstić information content (AvgIpc) is 3.25. The van der Waals surface area contributed by atoms with Gasteiger partial charge in [-0.3, -0.25) is 0 Å². The lowest BCUT2D eigenvalue weighted by atomic mass is 10.1. The molecule has 1 saturated carbocycles. The molecule has 0 aromatic carbocycles. The Bertz CT molecular complexity index is 459. The second kappa shape index (κ2) is 5.43. The molecule has 5 nitrogen and oxygen atoms in total. The summed E-state index contributed by atoms with van der Waals surface area (Å²) in [4.78, 5) is 9.39. The third-order valence-corrected chi connectivity index (χ3v) is 4.15. The molecule has 0 aliphatic heterocycles. The van der Waals surface area contributed by atoms with Crippen LogP contribution >= 0.6 is 0 Å². The van der Waals surface area contributed by atoms with Crippen molar-refractivity contribution in [2.24, 2.45) is 11.8 Å². The molecule has 1 aromatic rings. The maximum Gasteiger partial charge on any atom is 0.160 e. The molecular formula is C14H22N4O. The van der Waals surface area contributed by atoms with Crippen molar-refractivity contribution >= 4 is 5.82 Å². The van der Waals surface area contributed by atoms with E-state index in [9.17, 15) is 0 Å². The van der Waals surface area contributed by atoms with Crippen molar-refractivity contribution in [2.45, 2.75) is 51.0 Å². The van der Waals surface area contributed by atoms with Gasteiger partial charge in [0.25, 0.3) is 0 Å². The van der Waals surface area contributed by atoms with Crippen LogP contribution in [0.2, 0.25) is 0 Å². The minimum Gasteiger partial charge on any atom is -0.373 e. The summed E-state index contributed by atoms with van der Waals surface area (Å²) in [6.45, 7) is 0. The molecule has 19 heavy (non-hydrogen) atoms. The molecule has 3 rings (SSSR count). The number of aryl methyl sites for hydroxylation is 1. The van der Waals surface area contributed by atoms with Gasteiger partial charge in [-0.25, -0.2) is 15.8 Å². The van der Waals surface area contributed by atoms with Gasteiger partial charge in [0.05, 0.1) is 0 Å². The van der Waals surface area contributed by atoms with Crippen LogP contribution in [0.3, 0.4) is 0 Å². The first kappa shape index (κ1) is 12.8. The first-order chi connectivity index (χ1) is 9.33. The molecule has 1 atom stereocenters. The number of nitrogens with one attached hydrogen (secondary N) is 1. The first-order valence-corrected chi connectivity index (χ1v) is 7.22. The van der Waals surface area contributed by atoms with Gasteiger partial charge in [-0.15, -0.1) is 0 Å². The number of nitrogens with two attached hydrogens (primary N) is 1.